The fraction of sp³-hybridized carbons (Fsp3) is 0.375. The van der Waals surface area contributed by atoms with E-state index in [0.29, 0.717) is 24.8 Å². The van der Waals surface area contributed by atoms with Crippen LogP contribution in [0.1, 0.15) is 37.8 Å². The van der Waals surface area contributed by atoms with Gasteiger partial charge >= 0.3 is 0 Å². The standard InChI is InChI=1S/C32H37FN4O4/c1-4-7-28-32(41)37(29(30(39)34-3)20-23-10-13-24-8-5-6-9-25(24)18-23)17-16-36(28)31(40)27(35-21(2)38)19-22-11-14-26(33)15-12-22/h5-6,8-15,18,27-29H,4,7,16-17,19-20H2,1-3H3,(H,34,39)(H,35,38)/t27-,28+,29+/m1/s1. The van der Waals surface area contributed by atoms with Crippen LogP contribution in [0, 0.1) is 5.82 Å². The quantitative estimate of drug-likeness (QED) is 0.398. The number of nitrogens with one attached hydrogen (secondary N) is 2. The summed E-state index contributed by atoms with van der Waals surface area (Å²) in [5.74, 6) is -1.70. The van der Waals surface area contributed by atoms with E-state index >= 15 is 0 Å². The van der Waals surface area contributed by atoms with E-state index in [9.17, 15) is 23.6 Å². The van der Waals surface area contributed by atoms with Crippen molar-refractivity contribution < 1.29 is 23.6 Å². The molecular weight excluding hydrogens is 523 g/mol. The van der Waals surface area contributed by atoms with E-state index < -0.39 is 23.9 Å². The zero-order valence-electron chi connectivity index (χ0n) is 23.7. The molecule has 1 aliphatic rings. The Kier molecular flexibility index (Phi) is 9.70. The molecule has 1 aliphatic heterocycles. The van der Waals surface area contributed by atoms with Crippen LogP contribution >= 0.6 is 0 Å². The second kappa shape index (κ2) is 13.4. The molecule has 41 heavy (non-hydrogen) atoms. The van der Waals surface area contributed by atoms with Gasteiger partial charge in [0.2, 0.25) is 23.6 Å². The normalized spacial score (nSPS) is 16.8. The summed E-state index contributed by atoms with van der Waals surface area (Å²) >= 11 is 0. The molecule has 2 N–H and O–H groups in total. The number of carbonyl (C=O) groups is 4. The largest absolute Gasteiger partial charge is 0.357 e. The zero-order valence-corrected chi connectivity index (χ0v) is 23.7. The highest BCUT2D eigenvalue weighted by molar-refractivity contribution is 5.95. The summed E-state index contributed by atoms with van der Waals surface area (Å²) in [6, 6.07) is 17.3. The van der Waals surface area contributed by atoms with Crippen LogP contribution in [0.4, 0.5) is 4.39 Å². The Bertz CT molecular complexity index is 1410. The highest BCUT2D eigenvalue weighted by atomic mass is 19.1. The number of halogens is 1. The fourth-order valence-electron chi connectivity index (χ4n) is 5.53. The number of fused-ring (bicyclic) bond motifs is 1. The van der Waals surface area contributed by atoms with Crippen LogP contribution < -0.4 is 10.6 Å². The van der Waals surface area contributed by atoms with Crippen LogP contribution in [-0.4, -0.2) is 71.7 Å². The third-order valence-electron chi connectivity index (χ3n) is 7.57. The summed E-state index contributed by atoms with van der Waals surface area (Å²) in [6.07, 6.45) is 1.56. The molecule has 0 saturated carbocycles. The van der Waals surface area contributed by atoms with Gasteiger partial charge in [-0.3, -0.25) is 19.2 Å². The Morgan fingerprint density at radius 3 is 2.29 bits per heavy atom. The minimum absolute atomic E-state index is 0.161. The predicted molar refractivity (Wildman–Crippen MR) is 155 cm³/mol. The summed E-state index contributed by atoms with van der Waals surface area (Å²) in [6.45, 7) is 3.67. The monoisotopic (exact) mass is 560 g/mol. The van der Waals surface area contributed by atoms with Gasteiger partial charge in [0.05, 0.1) is 0 Å². The summed E-state index contributed by atoms with van der Waals surface area (Å²) in [7, 11) is 1.55. The van der Waals surface area contributed by atoms with Crippen molar-refractivity contribution in [3.8, 4) is 0 Å². The Morgan fingerprint density at radius 1 is 0.951 bits per heavy atom. The minimum Gasteiger partial charge on any atom is -0.357 e. The molecule has 9 heteroatoms. The molecule has 0 aliphatic carbocycles. The molecule has 1 heterocycles. The van der Waals surface area contributed by atoms with Crippen molar-refractivity contribution in [3.63, 3.8) is 0 Å². The first-order valence-electron chi connectivity index (χ1n) is 14.0. The molecular formula is C32H37FN4O4. The first kappa shape index (κ1) is 29.7. The van der Waals surface area contributed by atoms with Gasteiger partial charge in [-0.25, -0.2) is 4.39 Å². The molecule has 4 amide bonds. The third-order valence-corrected chi connectivity index (χ3v) is 7.57. The molecule has 3 aromatic rings. The van der Waals surface area contributed by atoms with Crippen molar-refractivity contribution in [2.24, 2.45) is 0 Å². The van der Waals surface area contributed by atoms with Crippen LogP contribution in [0.2, 0.25) is 0 Å². The Hall–Kier alpha value is -4.27. The SMILES string of the molecule is CCC[C@H]1C(=O)N([C@@H](Cc2ccc3ccccc3c2)C(=O)NC)CCN1C(=O)[C@@H](Cc1ccc(F)cc1)NC(C)=O. The van der Waals surface area contributed by atoms with Crippen LogP contribution in [0.15, 0.2) is 66.7 Å². The number of amides is 4. The van der Waals surface area contributed by atoms with Gasteiger partial charge in [-0.05, 0) is 40.5 Å². The summed E-state index contributed by atoms with van der Waals surface area (Å²) in [4.78, 5) is 56.0. The fourth-order valence-corrected chi connectivity index (χ4v) is 5.53. The van der Waals surface area contributed by atoms with Crippen molar-refractivity contribution in [3.05, 3.63) is 83.7 Å². The van der Waals surface area contributed by atoms with Crippen LogP contribution in [0.5, 0.6) is 0 Å². The summed E-state index contributed by atoms with van der Waals surface area (Å²) < 4.78 is 13.4. The first-order chi connectivity index (χ1) is 19.7. The van der Waals surface area contributed by atoms with Gasteiger partial charge in [0.25, 0.3) is 0 Å². The highest BCUT2D eigenvalue weighted by Gasteiger charge is 2.43. The lowest BCUT2D eigenvalue weighted by Gasteiger charge is -2.44. The maximum absolute atomic E-state index is 14.0. The van der Waals surface area contributed by atoms with Crippen LogP contribution in [-0.2, 0) is 32.0 Å². The van der Waals surface area contributed by atoms with E-state index in [-0.39, 0.29) is 43.1 Å². The second-order valence-electron chi connectivity index (χ2n) is 10.5. The molecule has 1 fully saturated rings. The Labute approximate surface area is 239 Å². The lowest BCUT2D eigenvalue weighted by molar-refractivity contribution is -0.157. The zero-order chi connectivity index (χ0) is 29.5. The number of hydrogen-bond acceptors (Lipinski definition) is 4. The van der Waals surface area contributed by atoms with Crippen molar-refractivity contribution in [1.29, 1.82) is 0 Å². The molecule has 0 bridgehead atoms. The average Bonchev–Trinajstić information content (AvgIpc) is 2.97. The number of hydrogen-bond donors (Lipinski definition) is 2. The van der Waals surface area contributed by atoms with E-state index in [0.717, 1.165) is 16.3 Å². The Balaban J connectivity index is 1.58. The van der Waals surface area contributed by atoms with E-state index in [2.05, 4.69) is 10.6 Å². The van der Waals surface area contributed by atoms with Crippen molar-refractivity contribution >= 4 is 34.4 Å². The molecule has 1 saturated heterocycles. The first-order valence-corrected chi connectivity index (χ1v) is 14.0. The number of piperazine rings is 1. The summed E-state index contributed by atoms with van der Waals surface area (Å²) in [5.41, 5.74) is 1.62. The molecule has 216 valence electrons. The maximum atomic E-state index is 14.0. The van der Waals surface area contributed by atoms with Gasteiger partial charge < -0.3 is 20.4 Å². The lowest BCUT2D eigenvalue weighted by Crippen LogP contribution is -2.65. The molecule has 0 unspecified atom stereocenters. The van der Waals surface area contributed by atoms with Crippen molar-refractivity contribution in [2.45, 2.75) is 57.7 Å². The third kappa shape index (κ3) is 7.09. The molecule has 3 aromatic carbocycles. The van der Waals surface area contributed by atoms with E-state index in [1.165, 1.54) is 24.0 Å². The maximum Gasteiger partial charge on any atom is 0.246 e. The molecule has 0 spiro atoms. The lowest BCUT2D eigenvalue weighted by atomic mass is 9.96. The topological polar surface area (TPSA) is 98.8 Å². The smallest absolute Gasteiger partial charge is 0.246 e. The molecule has 8 nitrogen and oxygen atoms in total. The van der Waals surface area contributed by atoms with E-state index in [1.54, 1.807) is 24.1 Å². The van der Waals surface area contributed by atoms with Crippen molar-refractivity contribution in [2.75, 3.05) is 20.1 Å². The van der Waals surface area contributed by atoms with Crippen molar-refractivity contribution in [1.82, 2.24) is 20.4 Å². The number of carbonyl (C=O) groups excluding carboxylic acids is 4. The molecule has 0 aromatic heterocycles. The van der Waals surface area contributed by atoms with Gasteiger partial charge in [-0.2, -0.15) is 0 Å². The Morgan fingerprint density at radius 2 is 1.63 bits per heavy atom. The average molecular weight is 561 g/mol. The minimum atomic E-state index is -0.913. The molecule has 4 rings (SSSR count). The highest BCUT2D eigenvalue weighted by Crippen LogP contribution is 2.24. The van der Waals surface area contributed by atoms with Gasteiger partial charge in [-0.1, -0.05) is 67.9 Å². The summed E-state index contributed by atoms with van der Waals surface area (Å²) in [5, 5.41) is 7.56. The predicted octanol–water partition coefficient (Wildman–Crippen LogP) is 3.22. The number of nitrogens with zero attached hydrogens (tertiary/aromatic N) is 2. The van der Waals surface area contributed by atoms with E-state index in [4.69, 9.17) is 0 Å². The number of benzene rings is 3. The van der Waals surface area contributed by atoms with Gasteiger partial charge in [-0.15, -0.1) is 0 Å². The number of rotatable bonds is 10. The molecule has 3 atom stereocenters. The van der Waals surface area contributed by atoms with Gasteiger partial charge in [0.15, 0.2) is 0 Å². The number of likely N-dealkylation sites (N-methyl/N-ethyl adjacent to an activating group) is 1. The van der Waals surface area contributed by atoms with E-state index in [1.807, 2.05) is 49.4 Å². The van der Waals surface area contributed by atoms with Gasteiger partial charge in [0, 0.05) is 39.9 Å². The van der Waals surface area contributed by atoms with Crippen LogP contribution in [0.3, 0.4) is 0 Å². The second-order valence-corrected chi connectivity index (χ2v) is 10.5. The van der Waals surface area contributed by atoms with Crippen LogP contribution in [0.25, 0.3) is 10.8 Å². The molecule has 0 radical (unpaired) electrons. The van der Waals surface area contributed by atoms with Gasteiger partial charge in [0.1, 0.15) is 23.9 Å².